The number of aromatic nitrogens is 1. The molecule has 3 rings (SSSR count). The molecule has 0 spiro atoms. The van der Waals surface area contributed by atoms with Crippen molar-refractivity contribution in [1.29, 1.82) is 0 Å². The van der Waals surface area contributed by atoms with Gasteiger partial charge in [-0.1, -0.05) is 35.9 Å². The zero-order valence-electron chi connectivity index (χ0n) is 14.5. The summed E-state index contributed by atoms with van der Waals surface area (Å²) in [4.78, 5) is 4.38. The van der Waals surface area contributed by atoms with E-state index in [1.807, 2.05) is 18.2 Å². The van der Waals surface area contributed by atoms with E-state index in [1.165, 1.54) is 7.11 Å². The molecule has 2 N–H and O–H groups in total. The van der Waals surface area contributed by atoms with Crippen LogP contribution < -0.4 is 10.5 Å². The van der Waals surface area contributed by atoms with E-state index < -0.39 is 0 Å². The van der Waals surface area contributed by atoms with Gasteiger partial charge < -0.3 is 10.5 Å². The predicted molar refractivity (Wildman–Crippen MR) is 103 cm³/mol. The molecule has 0 atom stereocenters. The highest BCUT2D eigenvalue weighted by Crippen LogP contribution is 2.36. The van der Waals surface area contributed by atoms with Crippen molar-refractivity contribution in [3.63, 3.8) is 0 Å². The standard InChI is InChI=1S/C21H20ClFN2O/c1-26-19-8-6-16(11-14-5-7-18(9-10-24)25-13-14)21(23)20(19)15-3-2-4-17(22)12-15/h2-8,12-13H,9-11,24H2,1H3. The van der Waals surface area contributed by atoms with Crippen LogP contribution in [0, 0.1) is 5.82 Å². The second-order valence-electron chi connectivity index (χ2n) is 6.00. The maximum Gasteiger partial charge on any atom is 0.138 e. The number of hydrogen-bond acceptors (Lipinski definition) is 3. The van der Waals surface area contributed by atoms with Crippen LogP contribution in [0.4, 0.5) is 4.39 Å². The first kappa shape index (κ1) is 18.4. The lowest BCUT2D eigenvalue weighted by Crippen LogP contribution is -2.04. The van der Waals surface area contributed by atoms with Crippen molar-refractivity contribution in [1.82, 2.24) is 4.98 Å². The number of benzene rings is 2. The summed E-state index contributed by atoms with van der Waals surface area (Å²) in [7, 11) is 1.53. The Morgan fingerprint density at radius 2 is 2.00 bits per heavy atom. The van der Waals surface area contributed by atoms with E-state index in [0.717, 1.165) is 17.7 Å². The first-order valence-electron chi connectivity index (χ1n) is 8.37. The van der Waals surface area contributed by atoms with E-state index in [0.29, 0.717) is 40.4 Å². The molecule has 0 saturated heterocycles. The van der Waals surface area contributed by atoms with Gasteiger partial charge >= 0.3 is 0 Å². The minimum Gasteiger partial charge on any atom is -0.496 e. The molecule has 3 nitrogen and oxygen atoms in total. The minimum atomic E-state index is -0.308. The fourth-order valence-electron chi connectivity index (χ4n) is 2.90. The molecule has 0 aliphatic carbocycles. The van der Waals surface area contributed by atoms with Crippen LogP contribution in [0.15, 0.2) is 54.7 Å². The second-order valence-corrected chi connectivity index (χ2v) is 6.44. The number of rotatable bonds is 6. The summed E-state index contributed by atoms with van der Waals surface area (Å²) in [6.07, 6.45) is 2.95. The van der Waals surface area contributed by atoms with Crippen molar-refractivity contribution in [3.05, 3.63) is 82.4 Å². The third kappa shape index (κ3) is 4.03. The molecule has 0 fully saturated rings. The van der Waals surface area contributed by atoms with Crippen molar-refractivity contribution >= 4 is 11.6 Å². The topological polar surface area (TPSA) is 48.1 Å². The van der Waals surface area contributed by atoms with Gasteiger partial charge in [-0.25, -0.2) is 4.39 Å². The van der Waals surface area contributed by atoms with Gasteiger partial charge in [0.15, 0.2) is 0 Å². The Bertz CT molecular complexity index is 897. The van der Waals surface area contributed by atoms with Gasteiger partial charge in [-0.05, 0) is 47.5 Å². The monoisotopic (exact) mass is 370 g/mol. The highest BCUT2D eigenvalue weighted by molar-refractivity contribution is 6.30. The molecule has 134 valence electrons. The molecule has 0 radical (unpaired) electrons. The lowest BCUT2D eigenvalue weighted by atomic mass is 9.97. The van der Waals surface area contributed by atoms with E-state index in [1.54, 1.807) is 36.5 Å². The van der Waals surface area contributed by atoms with Gasteiger partial charge in [0.1, 0.15) is 11.6 Å². The average Bonchev–Trinajstić information content (AvgIpc) is 2.65. The SMILES string of the molecule is COc1ccc(Cc2ccc(CCN)nc2)c(F)c1-c1cccc(Cl)c1. The summed E-state index contributed by atoms with van der Waals surface area (Å²) in [5, 5.41) is 0.550. The van der Waals surface area contributed by atoms with Gasteiger partial charge in [-0.3, -0.25) is 4.98 Å². The first-order chi connectivity index (χ1) is 12.6. The Hall–Kier alpha value is -2.43. The van der Waals surface area contributed by atoms with Crippen LogP contribution in [-0.2, 0) is 12.8 Å². The summed E-state index contributed by atoms with van der Waals surface area (Å²) >= 11 is 6.07. The van der Waals surface area contributed by atoms with Gasteiger partial charge in [0.25, 0.3) is 0 Å². The molecule has 2 aromatic carbocycles. The Kier molecular flexibility index (Phi) is 5.86. The summed E-state index contributed by atoms with van der Waals surface area (Å²) in [5.41, 5.74) is 9.09. The highest BCUT2D eigenvalue weighted by Gasteiger charge is 2.16. The van der Waals surface area contributed by atoms with Crippen LogP contribution in [0.25, 0.3) is 11.1 Å². The maximum absolute atomic E-state index is 15.3. The van der Waals surface area contributed by atoms with Crippen molar-refractivity contribution in [2.75, 3.05) is 13.7 Å². The van der Waals surface area contributed by atoms with E-state index in [2.05, 4.69) is 4.98 Å². The first-order valence-corrected chi connectivity index (χ1v) is 8.75. The fraction of sp³-hybridized carbons (Fsp3) is 0.190. The molecular formula is C21H20ClFN2O. The molecule has 0 aliphatic heterocycles. The summed E-state index contributed by atoms with van der Waals surface area (Å²) in [6, 6.07) is 14.5. The number of methoxy groups -OCH3 is 1. The number of nitrogens with two attached hydrogens (primary N) is 1. The van der Waals surface area contributed by atoms with Crippen LogP contribution in [0.2, 0.25) is 5.02 Å². The molecule has 1 aromatic heterocycles. The van der Waals surface area contributed by atoms with Crippen LogP contribution >= 0.6 is 11.6 Å². The highest BCUT2D eigenvalue weighted by atomic mass is 35.5. The van der Waals surface area contributed by atoms with Crippen LogP contribution in [-0.4, -0.2) is 18.6 Å². The zero-order chi connectivity index (χ0) is 18.5. The van der Waals surface area contributed by atoms with Crippen LogP contribution in [0.5, 0.6) is 5.75 Å². The average molecular weight is 371 g/mol. The molecule has 0 bridgehead atoms. The molecule has 0 saturated carbocycles. The van der Waals surface area contributed by atoms with Gasteiger partial charge in [0.2, 0.25) is 0 Å². The smallest absolute Gasteiger partial charge is 0.138 e. The third-order valence-electron chi connectivity index (χ3n) is 4.20. The number of pyridine rings is 1. The number of nitrogens with zero attached hydrogens (tertiary/aromatic N) is 1. The molecule has 5 heteroatoms. The molecule has 0 aliphatic rings. The molecular weight excluding hydrogens is 351 g/mol. The van der Waals surface area contributed by atoms with Crippen LogP contribution in [0.1, 0.15) is 16.8 Å². The van der Waals surface area contributed by atoms with E-state index >= 15 is 4.39 Å². The Morgan fingerprint density at radius 3 is 2.65 bits per heavy atom. The van der Waals surface area contributed by atoms with Gasteiger partial charge in [-0.15, -0.1) is 0 Å². The molecule has 3 aromatic rings. The second kappa shape index (κ2) is 8.30. The van der Waals surface area contributed by atoms with E-state index in [4.69, 9.17) is 22.1 Å². The quantitative estimate of drug-likeness (QED) is 0.687. The van der Waals surface area contributed by atoms with Gasteiger partial charge in [0, 0.05) is 29.8 Å². The van der Waals surface area contributed by atoms with Crippen LogP contribution in [0.3, 0.4) is 0 Å². The number of ether oxygens (including phenoxy) is 1. The minimum absolute atomic E-state index is 0.308. The van der Waals surface area contributed by atoms with Crippen molar-refractivity contribution < 1.29 is 9.13 Å². The Labute approximate surface area is 157 Å². The van der Waals surface area contributed by atoms with Crippen molar-refractivity contribution in [2.45, 2.75) is 12.8 Å². The summed E-state index contributed by atoms with van der Waals surface area (Å²) in [5.74, 6) is 0.169. The van der Waals surface area contributed by atoms with Crippen molar-refractivity contribution in [3.8, 4) is 16.9 Å². The normalized spacial score (nSPS) is 10.8. The molecule has 0 unspecified atom stereocenters. The molecule has 0 amide bonds. The summed E-state index contributed by atoms with van der Waals surface area (Å²) < 4.78 is 20.6. The van der Waals surface area contributed by atoms with E-state index in [-0.39, 0.29) is 5.82 Å². The Morgan fingerprint density at radius 1 is 1.15 bits per heavy atom. The van der Waals surface area contributed by atoms with E-state index in [9.17, 15) is 0 Å². The molecule has 26 heavy (non-hydrogen) atoms. The van der Waals surface area contributed by atoms with Gasteiger partial charge in [0.05, 0.1) is 12.7 Å². The fourth-order valence-corrected chi connectivity index (χ4v) is 3.09. The summed E-state index contributed by atoms with van der Waals surface area (Å²) in [6.45, 7) is 0.558. The third-order valence-corrected chi connectivity index (χ3v) is 4.43. The zero-order valence-corrected chi connectivity index (χ0v) is 15.3. The lowest BCUT2D eigenvalue weighted by Gasteiger charge is -2.14. The largest absolute Gasteiger partial charge is 0.496 e. The Balaban J connectivity index is 1.97. The molecule has 1 heterocycles. The maximum atomic E-state index is 15.3. The number of halogens is 2. The predicted octanol–water partition coefficient (Wildman–Crippen LogP) is 4.64. The van der Waals surface area contributed by atoms with Crippen molar-refractivity contribution in [2.24, 2.45) is 5.73 Å². The van der Waals surface area contributed by atoms with Gasteiger partial charge in [-0.2, -0.15) is 0 Å². The number of hydrogen-bond donors (Lipinski definition) is 1. The lowest BCUT2D eigenvalue weighted by molar-refractivity contribution is 0.413.